The van der Waals surface area contributed by atoms with Gasteiger partial charge in [0.05, 0.1) is 23.1 Å². The topological polar surface area (TPSA) is 193 Å². The minimum Gasteiger partial charge on any atom is -0.497 e. The molecular formula is C27H27N3O11S4. The molecule has 1 saturated heterocycles. The van der Waals surface area contributed by atoms with Crippen molar-refractivity contribution in [2.24, 2.45) is 0 Å². The van der Waals surface area contributed by atoms with E-state index in [2.05, 4.69) is 0 Å². The third-order valence-corrected chi connectivity index (χ3v) is 9.95. The number of allylic oxidation sites excluding steroid dienone is 3. The molecule has 0 radical (unpaired) electrons. The zero-order valence-electron chi connectivity index (χ0n) is 23.8. The number of carboxylic acid groups (broad SMARTS) is 2. The Morgan fingerprint density at radius 3 is 2.47 bits per heavy atom. The minimum atomic E-state index is -4.18. The van der Waals surface area contributed by atoms with Gasteiger partial charge in [0.1, 0.15) is 32.7 Å². The van der Waals surface area contributed by atoms with E-state index in [0.717, 1.165) is 32.6 Å². The van der Waals surface area contributed by atoms with Crippen LogP contribution >= 0.6 is 35.3 Å². The molecule has 240 valence electrons. The lowest BCUT2D eigenvalue weighted by molar-refractivity contribution is -0.140. The van der Waals surface area contributed by atoms with Gasteiger partial charge in [-0.1, -0.05) is 43.1 Å². The number of carboxylic acids is 2. The standard InChI is InChI=1S/C27H27N3O11S4/c1-3-15(25-28(10-5-11-45(37,38)39)17-12-16(40-2)8-9-18(17)41-25)6-4-7-19-23(35)29(13-20(31)32)26(43-19)22-24(36)30(14-21(33)34)27(42)44-22/h4,6-9,12H,3,5,10-11,13-14H2,1-2H3,(H,31,32)(H,33,34)(H,37,38,39). The molecule has 2 aromatic rings. The number of benzene rings is 1. The Kier molecular flexibility index (Phi) is 10.5. The maximum atomic E-state index is 13.2. The first-order chi connectivity index (χ1) is 21.2. The third-order valence-electron chi connectivity index (χ3n) is 6.43. The van der Waals surface area contributed by atoms with Crippen molar-refractivity contribution in [1.82, 2.24) is 9.47 Å². The highest BCUT2D eigenvalue weighted by atomic mass is 32.2. The molecule has 0 atom stereocenters. The summed E-state index contributed by atoms with van der Waals surface area (Å²) in [5, 5.41) is 18.5. The molecule has 18 heteroatoms. The second-order valence-corrected chi connectivity index (χ2v) is 13.7. The van der Waals surface area contributed by atoms with Crippen molar-refractivity contribution in [3.8, 4) is 11.5 Å². The Bertz CT molecular complexity index is 1930. The molecule has 0 unspecified atom stereocenters. The number of thiocarbonyl (C=S) groups is 1. The SMILES string of the molecule is CCC(C=CC=c1sc(=C2SC(=S)N(CC(=O)O)C2=O)n(CC(=O)O)c1=O)=C1Oc2ccc(OC)cc2N1CCCS(=O)(=O)O. The summed E-state index contributed by atoms with van der Waals surface area (Å²) in [5.41, 5.74) is 0.634. The Labute approximate surface area is 269 Å². The van der Waals surface area contributed by atoms with Gasteiger partial charge in [-0.3, -0.25) is 33.2 Å². The van der Waals surface area contributed by atoms with Crippen molar-refractivity contribution < 1.29 is 47.0 Å². The molecule has 0 bridgehead atoms. The number of rotatable bonds is 12. The number of thiazole rings is 1. The smallest absolute Gasteiger partial charge is 0.323 e. The molecule has 3 N–H and O–H groups in total. The number of aromatic nitrogens is 1. The van der Waals surface area contributed by atoms with Gasteiger partial charge in [0.25, 0.3) is 21.6 Å². The first-order valence-electron chi connectivity index (χ1n) is 13.1. The highest BCUT2D eigenvalue weighted by Gasteiger charge is 2.35. The van der Waals surface area contributed by atoms with Crippen LogP contribution in [0.1, 0.15) is 19.8 Å². The van der Waals surface area contributed by atoms with E-state index in [1.165, 1.54) is 13.2 Å². The van der Waals surface area contributed by atoms with Crippen LogP contribution in [-0.2, 0) is 31.0 Å². The summed E-state index contributed by atoms with van der Waals surface area (Å²) in [6, 6.07) is 5.16. The highest BCUT2D eigenvalue weighted by molar-refractivity contribution is 8.30. The average Bonchev–Trinajstić information content (AvgIpc) is 3.57. The molecule has 1 aromatic heterocycles. The molecule has 4 rings (SSSR count). The van der Waals surface area contributed by atoms with Crippen molar-refractivity contribution in [3.05, 3.63) is 61.4 Å². The highest BCUT2D eigenvalue weighted by Crippen LogP contribution is 2.42. The van der Waals surface area contributed by atoms with Crippen molar-refractivity contribution in [1.29, 1.82) is 0 Å². The third kappa shape index (κ3) is 7.82. The lowest BCUT2D eigenvalue weighted by atomic mass is 10.1. The zero-order valence-corrected chi connectivity index (χ0v) is 27.1. The Hall–Kier alpha value is -3.97. The summed E-state index contributed by atoms with van der Waals surface area (Å²) in [6.45, 7) is 0.647. The van der Waals surface area contributed by atoms with Gasteiger partial charge < -0.3 is 24.6 Å². The lowest BCUT2D eigenvalue weighted by Gasteiger charge is -2.20. The van der Waals surface area contributed by atoms with Crippen molar-refractivity contribution >= 4 is 84.3 Å². The lowest BCUT2D eigenvalue weighted by Crippen LogP contribution is -2.36. The number of nitrogens with zero attached hydrogens (tertiary/aromatic N) is 3. The number of methoxy groups -OCH3 is 1. The van der Waals surface area contributed by atoms with E-state index in [1.54, 1.807) is 35.3 Å². The number of hydrogen-bond donors (Lipinski definition) is 3. The number of aliphatic carboxylic acids is 2. The monoisotopic (exact) mass is 697 g/mol. The quantitative estimate of drug-likeness (QED) is 0.212. The normalized spacial score (nSPS) is 17.7. The number of amides is 1. The van der Waals surface area contributed by atoms with Gasteiger partial charge in [-0.2, -0.15) is 8.42 Å². The number of carbonyl (C=O) groups excluding carboxylic acids is 1. The van der Waals surface area contributed by atoms with Crippen LogP contribution in [0.3, 0.4) is 0 Å². The molecule has 0 spiro atoms. The summed E-state index contributed by atoms with van der Waals surface area (Å²) in [7, 11) is -2.68. The van der Waals surface area contributed by atoms with Crippen molar-refractivity contribution in [2.45, 2.75) is 26.3 Å². The number of carbonyl (C=O) groups is 3. The minimum absolute atomic E-state index is 0.0268. The van der Waals surface area contributed by atoms with Crippen LogP contribution in [0, 0.1) is 0 Å². The Morgan fingerprint density at radius 2 is 1.84 bits per heavy atom. The van der Waals surface area contributed by atoms with E-state index in [0.29, 0.717) is 35.1 Å². The molecule has 0 saturated carbocycles. The fourth-order valence-corrected chi connectivity index (χ4v) is 7.39. The van der Waals surface area contributed by atoms with Crippen LogP contribution in [0.2, 0.25) is 0 Å². The molecule has 45 heavy (non-hydrogen) atoms. The van der Waals surface area contributed by atoms with Gasteiger partial charge in [0.2, 0.25) is 5.88 Å². The van der Waals surface area contributed by atoms with Gasteiger partial charge in [0.15, 0.2) is 5.75 Å². The van der Waals surface area contributed by atoms with Crippen LogP contribution in [0.5, 0.6) is 11.5 Å². The molecule has 14 nitrogen and oxygen atoms in total. The zero-order chi connectivity index (χ0) is 33.1. The van der Waals surface area contributed by atoms with E-state index in [4.69, 9.17) is 26.8 Å². The van der Waals surface area contributed by atoms with Crippen LogP contribution < -0.4 is 29.1 Å². The predicted molar refractivity (Wildman–Crippen MR) is 171 cm³/mol. The van der Waals surface area contributed by atoms with Crippen LogP contribution in [0.25, 0.3) is 11.0 Å². The van der Waals surface area contributed by atoms with Crippen LogP contribution in [0.4, 0.5) is 5.69 Å². The van der Waals surface area contributed by atoms with E-state index in [-0.39, 0.29) is 31.4 Å². The summed E-state index contributed by atoms with van der Waals surface area (Å²) in [5.74, 6) is -2.33. The maximum Gasteiger partial charge on any atom is 0.323 e. The first-order valence-corrected chi connectivity index (χ1v) is 16.8. The van der Waals surface area contributed by atoms with Gasteiger partial charge in [-0.25, -0.2) is 0 Å². The van der Waals surface area contributed by atoms with E-state index in [9.17, 15) is 37.3 Å². The van der Waals surface area contributed by atoms with E-state index >= 15 is 0 Å². The second kappa shape index (κ2) is 14.0. The summed E-state index contributed by atoms with van der Waals surface area (Å²) in [4.78, 5) is 51.5. The number of ether oxygens (including phenoxy) is 2. The number of fused-ring (bicyclic) bond motifs is 1. The molecule has 1 amide bonds. The number of hydrogen-bond acceptors (Lipinski definition) is 12. The largest absolute Gasteiger partial charge is 0.497 e. The molecule has 1 fully saturated rings. The van der Waals surface area contributed by atoms with Gasteiger partial charge in [0, 0.05) is 18.2 Å². The predicted octanol–water partition coefficient (Wildman–Crippen LogP) is 1.19. The summed E-state index contributed by atoms with van der Waals surface area (Å²) < 4.78 is 44.4. The Balaban J connectivity index is 1.76. The van der Waals surface area contributed by atoms with Crippen molar-refractivity contribution in [3.63, 3.8) is 0 Å². The van der Waals surface area contributed by atoms with Crippen LogP contribution in [-0.4, -0.2) is 80.8 Å². The molecule has 3 heterocycles. The van der Waals surface area contributed by atoms with E-state index < -0.39 is 52.4 Å². The van der Waals surface area contributed by atoms with Gasteiger partial charge >= 0.3 is 11.9 Å². The molecule has 1 aromatic carbocycles. The molecule has 0 aliphatic carbocycles. The Morgan fingerprint density at radius 1 is 1.13 bits per heavy atom. The fourth-order valence-electron chi connectivity index (χ4n) is 4.43. The van der Waals surface area contributed by atoms with Crippen LogP contribution in [0.15, 0.2) is 46.6 Å². The maximum absolute atomic E-state index is 13.2. The van der Waals surface area contributed by atoms with E-state index in [1.807, 2.05) is 6.92 Å². The number of anilines is 1. The van der Waals surface area contributed by atoms with Crippen molar-refractivity contribution in [2.75, 3.05) is 30.9 Å². The number of thioether (sulfide) groups is 1. The second-order valence-electron chi connectivity index (χ2n) is 9.48. The fraction of sp³-hybridized carbons (Fsp3) is 0.296. The molecule has 2 aliphatic heterocycles. The van der Waals surface area contributed by atoms with Gasteiger partial charge in [-0.05, 0) is 31.1 Å². The first kappa shape index (κ1) is 33.9. The average molecular weight is 698 g/mol. The van der Waals surface area contributed by atoms with Gasteiger partial charge in [-0.15, -0.1) is 11.3 Å². The summed E-state index contributed by atoms with van der Waals surface area (Å²) in [6.07, 6.45) is 5.25. The molecule has 2 aliphatic rings. The summed E-state index contributed by atoms with van der Waals surface area (Å²) >= 11 is 6.79. The molecular weight excluding hydrogens is 671 g/mol.